The Morgan fingerprint density at radius 1 is 1.58 bits per heavy atom. The van der Waals surface area contributed by atoms with E-state index in [2.05, 4.69) is 4.74 Å². The van der Waals surface area contributed by atoms with Crippen molar-refractivity contribution in [2.24, 2.45) is 5.73 Å². The number of hydrogen-bond acceptors (Lipinski definition) is 3. The molecule has 0 amide bonds. The van der Waals surface area contributed by atoms with E-state index in [0.717, 1.165) is 0 Å². The van der Waals surface area contributed by atoms with Gasteiger partial charge in [0, 0.05) is 6.04 Å². The van der Waals surface area contributed by atoms with Gasteiger partial charge in [0.05, 0.1) is 6.61 Å². The first kappa shape index (κ1) is 14.3. The summed E-state index contributed by atoms with van der Waals surface area (Å²) in [4.78, 5) is 10.8. The van der Waals surface area contributed by atoms with Crippen molar-refractivity contribution in [2.45, 2.75) is 39.1 Å². The molecule has 0 fully saturated rings. The summed E-state index contributed by atoms with van der Waals surface area (Å²) in [5.74, 6) is -0.445. The lowest BCUT2D eigenvalue weighted by Crippen LogP contribution is -2.35. The monoisotopic (exact) mass is 195 g/mol. The molecule has 0 spiro atoms. The summed E-state index contributed by atoms with van der Waals surface area (Å²) in [6.45, 7) is 7.73. The molecule has 0 saturated heterocycles. The Hall–Kier alpha value is -0.280. The zero-order valence-electron chi connectivity index (χ0n) is 8.13. The van der Waals surface area contributed by atoms with Crippen molar-refractivity contribution in [3.8, 4) is 0 Å². The maximum atomic E-state index is 10.8. The summed E-state index contributed by atoms with van der Waals surface area (Å²) in [6, 6.07) is -0.360. The van der Waals surface area contributed by atoms with Crippen molar-refractivity contribution in [2.75, 3.05) is 6.61 Å². The van der Waals surface area contributed by atoms with Crippen LogP contribution < -0.4 is 5.73 Å². The number of carbonyl (C=O) groups excluding carboxylic acids is 1. The summed E-state index contributed by atoms with van der Waals surface area (Å²) < 4.78 is 4.61. The van der Waals surface area contributed by atoms with Gasteiger partial charge < -0.3 is 10.5 Å². The van der Waals surface area contributed by atoms with Gasteiger partial charge in [-0.05, 0) is 13.8 Å². The van der Waals surface area contributed by atoms with Crippen LogP contribution in [-0.2, 0) is 9.53 Å². The van der Waals surface area contributed by atoms with Crippen molar-refractivity contribution < 1.29 is 9.53 Å². The number of hydrogen-bond donors (Lipinski definition) is 1. The molecule has 2 N–H and O–H groups in total. The maximum absolute atomic E-state index is 10.8. The normalized spacial score (nSPS) is 13.8. The number of carbonyl (C=O) groups is 1. The second kappa shape index (κ2) is 8.81. The van der Waals surface area contributed by atoms with Crippen LogP contribution in [0, 0.1) is 0 Å². The molecule has 3 nitrogen and oxygen atoms in total. The lowest BCUT2D eigenvalue weighted by atomic mass is 10.2. The third kappa shape index (κ3) is 6.43. The highest BCUT2D eigenvalue weighted by Crippen LogP contribution is 2.02. The molecular weight excluding hydrogens is 178 g/mol. The SMILES string of the molecule is CC.CCOC(=O)C(Cl)C(C)N. The lowest BCUT2D eigenvalue weighted by Gasteiger charge is -2.10. The highest BCUT2D eigenvalue weighted by atomic mass is 35.5. The summed E-state index contributed by atoms with van der Waals surface area (Å²) in [5, 5.41) is -0.722. The maximum Gasteiger partial charge on any atom is 0.325 e. The van der Waals surface area contributed by atoms with Gasteiger partial charge in [0.25, 0.3) is 0 Å². The Bertz CT molecular complexity index is 118. The number of nitrogens with two attached hydrogens (primary N) is 1. The Morgan fingerprint density at radius 2 is 2.00 bits per heavy atom. The fraction of sp³-hybridized carbons (Fsp3) is 0.875. The van der Waals surface area contributed by atoms with Crippen molar-refractivity contribution in [1.82, 2.24) is 0 Å². The molecule has 2 atom stereocenters. The Morgan fingerprint density at radius 3 is 2.25 bits per heavy atom. The molecule has 2 unspecified atom stereocenters. The smallest absolute Gasteiger partial charge is 0.325 e. The average molecular weight is 196 g/mol. The molecule has 0 aromatic rings. The van der Waals surface area contributed by atoms with E-state index < -0.39 is 11.3 Å². The van der Waals surface area contributed by atoms with E-state index in [-0.39, 0.29) is 6.04 Å². The highest BCUT2D eigenvalue weighted by molar-refractivity contribution is 6.30. The summed E-state index contributed by atoms with van der Waals surface area (Å²) in [7, 11) is 0. The predicted octanol–water partition coefficient (Wildman–Crippen LogP) is 1.53. The number of esters is 1. The van der Waals surface area contributed by atoms with Gasteiger partial charge >= 0.3 is 5.97 Å². The van der Waals surface area contributed by atoms with Gasteiger partial charge in [0.2, 0.25) is 0 Å². The summed E-state index contributed by atoms with van der Waals surface area (Å²) in [5.41, 5.74) is 5.33. The first-order valence-electron chi connectivity index (χ1n) is 4.15. The van der Waals surface area contributed by atoms with E-state index in [0.29, 0.717) is 6.61 Å². The summed E-state index contributed by atoms with van der Waals surface area (Å²) in [6.07, 6.45) is 0. The third-order valence-electron chi connectivity index (χ3n) is 0.973. The Labute approximate surface area is 79.2 Å². The van der Waals surface area contributed by atoms with Gasteiger partial charge in [0.1, 0.15) is 5.38 Å². The first-order chi connectivity index (χ1) is 5.59. The van der Waals surface area contributed by atoms with Crippen LogP contribution in [0.15, 0.2) is 0 Å². The fourth-order valence-electron chi connectivity index (χ4n) is 0.437. The fourth-order valence-corrected chi connectivity index (χ4v) is 0.500. The minimum Gasteiger partial charge on any atom is -0.465 e. The molecule has 0 aromatic heterocycles. The number of rotatable bonds is 3. The van der Waals surface area contributed by atoms with E-state index in [1.165, 1.54) is 0 Å². The van der Waals surface area contributed by atoms with E-state index in [9.17, 15) is 4.79 Å². The van der Waals surface area contributed by atoms with E-state index >= 15 is 0 Å². The van der Waals surface area contributed by atoms with Crippen molar-refractivity contribution >= 4 is 17.6 Å². The standard InChI is InChI=1S/C6H12ClNO2.C2H6/c1-3-10-6(9)5(7)4(2)8;1-2/h4-5H,3,8H2,1-2H3;1-2H3. The second-order valence-corrected chi connectivity index (χ2v) is 2.48. The molecule has 0 aromatic carbocycles. The molecule has 0 rings (SSSR count). The third-order valence-corrected chi connectivity index (χ3v) is 1.55. The van der Waals surface area contributed by atoms with Crippen molar-refractivity contribution in [3.05, 3.63) is 0 Å². The van der Waals surface area contributed by atoms with Gasteiger partial charge in [-0.2, -0.15) is 0 Å². The van der Waals surface area contributed by atoms with E-state index in [4.69, 9.17) is 17.3 Å². The van der Waals surface area contributed by atoms with Crippen LogP contribution in [0.3, 0.4) is 0 Å². The zero-order valence-corrected chi connectivity index (χ0v) is 8.89. The van der Waals surface area contributed by atoms with Gasteiger partial charge in [-0.25, -0.2) is 0 Å². The van der Waals surface area contributed by atoms with Crippen LogP contribution in [0.4, 0.5) is 0 Å². The Kier molecular flexibility index (Phi) is 10.5. The second-order valence-electron chi connectivity index (χ2n) is 2.01. The van der Waals surface area contributed by atoms with E-state index in [1.54, 1.807) is 13.8 Å². The lowest BCUT2D eigenvalue weighted by molar-refractivity contribution is -0.142. The molecule has 0 bridgehead atoms. The van der Waals surface area contributed by atoms with Crippen LogP contribution in [0.25, 0.3) is 0 Å². The van der Waals surface area contributed by atoms with Gasteiger partial charge in [-0.3, -0.25) is 4.79 Å². The molecule has 0 heterocycles. The van der Waals surface area contributed by atoms with Crippen LogP contribution in [0.2, 0.25) is 0 Å². The van der Waals surface area contributed by atoms with Crippen LogP contribution in [0.5, 0.6) is 0 Å². The molecule has 0 aliphatic carbocycles. The van der Waals surface area contributed by atoms with Crippen LogP contribution >= 0.6 is 11.6 Å². The quantitative estimate of drug-likeness (QED) is 0.549. The number of ether oxygens (including phenoxy) is 1. The Balaban J connectivity index is 0. The van der Waals surface area contributed by atoms with Crippen molar-refractivity contribution in [3.63, 3.8) is 0 Å². The molecule has 0 radical (unpaired) electrons. The minimum absolute atomic E-state index is 0.342. The molecule has 74 valence electrons. The molecule has 0 saturated carbocycles. The molecule has 0 aliphatic heterocycles. The molecule has 0 aliphatic rings. The van der Waals surface area contributed by atoms with Crippen LogP contribution in [-0.4, -0.2) is 24.0 Å². The molecule has 4 heteroatoms. The van der Waals surface area contributed by atoms with Gasteiger partial charge in [-0.1, -0.05) is 13.8 Å². The molecule has 12 heavy (non-hydrogen) atoms. The van der Waals surface area contributed by atoms with Gasteiger partial charge in [0.15, 0.2) is 0 Å². The van der Waals surface area contributed by atoms with Gasteiger partial charge in [-0.15, -0.1) is 11.6 Å². The van der Waals surface area contributed by atoms with Crippen LogP contribution in [0.1, 0.15) is 27.7 Å². The summed E-state index contributed by atoms with van der Waals surface area (Å²) >= 11 is 5.55. The predicted molar refractivity (Wildman–Crippen MR) is 51.3 cm³/mol. The topological polar surface area (TPSA) is 52.3 Å². The number of halogens is 1. The first-order valence-corrected chi connectivity index (χ1v) is 4.59. The highest BCUT2D eigenvalue weighted by Gasteiger charge is 2.20. The van der Waals surface area contributed by atoms with E-state index in [1.807, 2.05) is 13.8 Å². The molecular formula is C8H18ClNO2. The zero-order chi connectivity index (χ0) is 10.1. The van der Waals surface area contributed by atoms with Crippen molar-refractivity contribution in [1.29, 1.82) is 0 Å². The minimum atomic E-state index is -0.722. The average Bonchev–Trinajstić information content (AvgIpc) is 2.07. The number of alkyl halides is 1. The largest absolute Gasteiger partial charge is 0.465 e.